The van der Waals surface area contributed by atoms with Crippen LogP contribution in [0.3, 0.4) is 0 Å². The van der Waals surface area contributed by atoms with Gasteiger partial charge in [0.2, 0.25) is 0 Å². The quantitative estimate of drug-likeness (QED) is 0.673. The van der Waals surface area contributed by atoms with Crippen LogP contribution in [0.2, 0.25) is 0 Å². The minimum Gasteiger partial charge on any atom is -0.374 e. The third-order valence-corrected chi connectivity index (χ3v) is 2.80. The summed E-state index contributed by atoms with van der Waals surface area (Å²) in [5.41, 5.74) is 0.975. The Labute approximate surface area is 105 Å². The molecular formula is C13H25ClN2. The Hall–Kier alpha value is -0.500. The summed E-state index contributed by atoms with van der Waals surface area (Å²) in [6.45, 7) is 12.8. The standard InChI is InChI=1S/C13H25ClN2/c1-12(2,3)11(15-7)10(14)9-16(8)13(4,5)6/h9H,1-8H3/b10-9+,15-11?. The molecule has 0 aromatic rings. The van der Waals surface area contributed by atoms with E-state index in [0.717, 1.165) is 5.71 Å². The van der Waals surface area contributed by atoms with E-state index in [1.165, 1.54) is 0 Å². The molecule has 0 spiro atoms. The van der Waals surface area contributed by atoms with E-state index in [1.807, 2.05) is 13.2 Å². The third kappa shape index (κ3) is 4.56. The van der Waals surface area contributed by atoms with Crippen molar-refractivity contribution in [2.45, 2.75) is 47.1 Å². The molecule has 0 saturated heterocycles. The van der Waals surface area contributed by atoms with Crippen molar-refractivity contribution in [3.63, 3.8) is 0 Å². The van der Waals surface area contributed by atoms with E-state index in [-0.39, 0.29) is 11.0 Å². The normalized spacial score (nSPS) is 15.3. The van der Waals surface area contributed by atoms with Gasteiger partial charge in [-0.15, -0.1) is 0 Å². The molecule has 0 aromatic carbocycles. The topological polar surface area (TPSA) is 15.6 Å². The van der Waals surface area contributed by atoms with Crippen LogP contribution in [0.5, 0.6) is 0 Å². The van der Waals surface area contributed by atoms with Gasteiger partial charge in [0.05, 0.1) is 10.7 Å². The lowest BCUT2D eigenvalue weighted by molar-refractivity contribution is 0.249. The minimum atomic E-state index is -0.0267. The van der Waals surface area contributed by atoms with Gasteiger partial charge >= 0.3 is 0 Å². The largest absolute Gasteiger partial charge is 0.374 e. The number of nitrogens with zero attached hydrogens (tertiary/aromatic N) is 2. The van der Waals surface area contributed by atoms with Gasteiger partial charge in [0.1, 0.15) is 0 Å². The van der Waals surface area contributed by atoms with Gasteiger partial charge in [-0.05, 0) is 20.8 Å². The molecule has 16 heavy (non-hydrogen) atoms. The van der Waals surface area contributed by atoms with Gasteiger partial charge in [-0.3, -0.25) is 4.99 Å². The molecule has 0 rings (SSSR count). The second kappa shape index (κ2) is 5.22. The lowest BCUT2D eigenvalue weighted by atomic mass is 9.89. The first-order chi connectivity index (χ1) is 7.00. The molecule has 0 aliphatic carbocycles. The number of rotatable bonds is 2. The molecule has 0 saturated carbocycles. The second-order valence-electron chi connectivity index (χ2n) is 6.08. The SMILES string of the molecule is CN=C(/C(Cl)=C\N(C)C(C)(C)C)C(C)(C)C. The predicted molar refractivity (Wildman–Crippen MR) is 74.3 cm³/mol. The van der Waals surface area contributed by atoms with Gasteiger partial charge in [-0.1, -0.05) is 32.4 Å². The molecule has 0 aliphatic rings. The van der Waals surface area contributed by atoms with Crippen LogP contribution < -0.4 is 0 Å². The van der Waals surface area contributed by atoms with Gasteiger partial charge < -0.3 is 4.90 Å². The Bertz CT molecular complexity index is 290. The molecule has 0 N–H and O–H groups in total. The Morgan fingerprint density at radius 3 is 1.81 bits per heavy atom. The smallest absolute Gasteiger partial charge is 0.0780 e. The van der Waals surface area contributed by atoms with Crippen molar-refractivity contribution in [2.24, 2.45) is 10.4 Å². The Morgan fingerprint density at radius 2 is 1.56 bits per heavy atom. The molecule has 2 nitrogen and oxygen atoms in total. The number of hydrogen-bond donors (Lipinski definition) is 0. The fourth-order valence-electron chi connectivity index (χ4n) is 1.23. The zero-order valence-corrected chi connectivity index (χ0v) is 12.6. The van der Waals surface area contributed by atoms with Crippen molar-refractivity contribution in [2.75, 3.05) is 14.1 Å². The highest BCUT2D eigenvalue weighted by atomic mass is 35.5. The summed E-state index contributed by atoms with van der Waals surface area (Å²) >= 11 is 6.32. The van der Waals surface area contributed by atoms with Crippen molar-refractivity contribution < 1.29 is 0 Å². The van der Waals surface area contributed by atoms with E-state index in [0.29, 0.717) is 5.03 Å². The van der Waals surface area contributed by atoms with E-state index in [9.17, 15) is 0 Å². The maximum Gasteiger partial charge on any atom is 0.0780 e. The van der Waals surface area contributed by atoms with Crippen LogP contribution in [-0.2, 0) is 0 Å². The van der Waals surface area contributed by atoms with Gasteiger partial charge in [0, 0.05) is 31.2 Å². The summed E-state index contributed by atoms with van der Waals surface area (Å²) in [5, 5.41) is 0.715. The van der Waals surface area contributed by atoms with Crippen LogP contribution >= 0.6 is 11.6 Å². The first-order valence-electron chi connectivity index (χ1n) is 5.58. The third-order valence-electron chi connectivity index (χ3n) is 2.53. The van der Waals surface area contributed by atoms with Crippen LogP contribution in [-0.4, -0.2) is 30.2 Å². The molecule has 0 radical (unpaired) electrons. The molecule has 0 unspecified atom stereocenters. The lowest BCUT2D eigenvalue weighted by Gasteiger charge is -2.32. The molecule has 0 heterocycles. The maximum absolute atomic E-state index is 6.32. The number of hydrogen-bond acceptors (Lipinski definition) is 2. The van der Waals surface area contributed by atoms with Gasteiger partial charge in [0.25, 0.3) is 0 Å². The Balaban J connectivity index is 5.06. The summed E-state index contributed by atoms with van der Waals surface area (Å²) in [6, 6.07) is 0. The summed E-state index contributed by atoms with van der Waals surface area (Å²) < 4.78 is 0. The van der Waals surface area contributed by atoms with E-state index in [1.54, 1.807) is 7.05 Å². The Morgan fingerprint density at radius 1 is 1.12 bits per heavy atom. The minimum absolute atomic E-state index is 0.0267. The fourth-order valence-corrected chi connectivity index (χ4v) is 1.74. The van der Waals surface area contributed by atoms with E-state index in [2.05, 4.69) is 51.4 Å². The summed E-state index contributed by atoms with van der Waals surface area (Å²) in [4.78, 5) is 6.39. The molecule has 0 aromatic heterocycles. The van der Waals surface area contributed by atoms with Crippen molar-refractivity contribution in [1.29, 1.82) is 0 Å². The molecule has 94 valence electrons. The van der Waals surface area contributed by atoms with Crippen LogP contribution in [0.15, 0.2) is 16.2 Å². The number of aliphatic imine (C=N–C) groups is 1. The van der Waals surface area contributed by atoms with Crippen LogP contribution in [0.1, 0.15) is 41.5 Å². The molecular weight excluding hydrogens is 220 g/mol. The van der Waals surface area contributed by atoms with Crippen molar-refractivity contribution in [3.05, 3.63) is 11.2 Å². The summed E-state index contributed by atoms with van der Waals surface area (Å²) in [5.74, 6) is 0. The molecule has 3 heteroatoms. The van der Waals surface area contributed by atoms with Crippen molar-refractivity contribution >= 4 is 17.3 Å². The van der Waals surface area contributed by atoms with E-state index >= 15 is 0 Å². The average Bonchev–Trinajstić information content (AvgIpc) is 2.00. The molecule has 0 aliphatic heterocycles. The van der Waals surface area contributed by atoms with Crippen LogP contribution in [0.4, 0.5) is 0 Å². The second-order valence-corrected chi connectivity index (χ2v) is 6.49. The van der Waals surface area contributed by atoms with E-state index in [4.69, 9.17) is 11.6 Å². The average molecular weight is 245 g/mol. The summed E-state index contributed by atoms with van der Waals surface area (Å²) in [6.07, 6.45) is 1.95. The number of allylic oxidation sites excluding steroid dienone is 1. The molecule has 0 atom stereocenters. The molecule has 0 fully saturated rings. The monoisotopic (exact) mass is 244 g/mol. The molecule has 0 amide bonds. The fraction of sp³-hybridized carbons (Fsp3) is 0.769. The first-order valence-corrected chi connectivity index (χ1v) is 5.96. The van der Waals surface area contributed by atoms with Gasteiger partial charge in [-0.2, -0.15) is 0 Å². The van der Waals surface area contributed by atoms with Gasteiger partial charge in [-0.25, -0.2) is 0 Å². The van der Waals surface area contributed by atoms with E-state index < -0.39 is 0 Å². The summed E-state index contributed by atoms with van der Waals surface area (Å²) in [7, 11) is 3.81. The van der Waals surface area contributed by atoms with Crippen LogP contribution in [0.25, 0.3) is 0 Å². The Kier molecular flexibility index (Phi) is 5.06. The number of halogens is 1. The van der Waals surface area contributed by atoms with Gasteiger partial charge in [0.15, 0.2) is 0 Å². The highest BCUT2D eigenvalue weighted by Gasteiger charge is 2.22. The van der Waals surface area contributed by atoms with Crippen LogP contribution in [0, 0.1) is 5.41 Å². The first kappa shape index (κ1) is 15.5. The zero-order valence-electron chi connectivity index (χ0n) is 11.8. The highest BCUT2D eigenvalue weighted by molar-refractivity contribution is 6.44. The molecule has 0 bridgehead atoms. The van der Waals surface area contributed by atoms with Crippen molar-refractivity contribution in [3.8, 4) is 0 Å². The zero-order chi connectivity index (χ0) is 13.1. The highest BCUT2D eigenvalue weighted by Crippen LogP contribution is 2.25. The van der Waals surface area contributed by atoms with Crippen molar-refractivity contribution in [1.82, 2.24) is 4.90 Å². The lowest BCUT2D eigenvalue weighted by Crippen LogP contribution is -2.34. The maximum atomic E-state index is 6.32. The predicted octanol–water partition coefficient (Wildman–Crippen LogP) is 3.91.